The Morgan fingerprint density at radius 3 is 2.71 bits per heavy atom. The Hall–Kier alpha value is -3.68. The van der Waals surface area contributed by atoms with E-state index in [1.54, 1.807) is 24.4 Å². The number of thioether (sulfide) groups is 1. The summed E-state index contributed by atoms with van der Waals surface area (Å²) in [5.74, 6) is 1.13. The Kier molecular flexibility index (Phi) is 6.79. The van der Waals surface area contributed by atoms with E-state index in [2.05, 4.69) is 29.2 Å². The standard InChI is InChI=1S/C28H22N2O3S2/c1-32-25-14-19(15-26-27(31)30(28(34)35-26)17-20-6-5-13-29-16-20)11-12-24(25)33-18-22-9-4-8-21-7-2-3-10-23(21)22/h2-16H,17-18H2,1H3/b26-15-. The van der Waals surface area contributed by atoms with E-state index in [0.29, 0.717) is 33.9 Å². The van der Waals surface area contributed by atoms with Crippen LogP contribution in [0.1, 0.15) is 16.7 Å². The molecule has 0 atom stereocenters. The first-order chi connectivity index (χ1) is 17.1. The van der Waals surface area contributed by atoms with Crippen LogP contribution in [0.15, 0.2) is 90.1 Å². The molecule has 0 bridgehead atoms. The second-order valence-electron chi connectivity index (χ2n) is 7.97. The van der Waals surface area contributed by atoms with Gasteiger partial charge in [-0.15, -0.1) is 0 Å². The van der Waals surface area contributed by atoms with Gasteiger partial charge in [0.15, 0.2) is 11.5 Å². The summed E-state index contributed by atoms with van der Waals surface area (Å²) in [6.45, 7) is 0.824. The molecule has 5 rings (SSSR count). The summed E-state index contributed by atoms with van der Waals surface area (Å²) in [4.78, 5) is 19.3. The van der Waals surface area contributed by atoms with Gasteiger partial charge < -0.3 is 9.47 Å². The van der Waals surface area contributed by atoms with Gasteiger partial charge in [0, 0.05) is 12.4 Å². The molecule has 1 aliphatic heterocycles. The van der Waals surface area contributed by atoms with Crippen molar-refractivity contribution in [2.24, 2.45) is 0 Å². The minimum atomic E-state index is -0.112. The van der Waals surface area contributed by atoms with Crippen LogP contribution in [-0.2, 0) is 17.9 Å². The molecule has 2 heterocycles. The highest BCUT2D eigenvalue weighted by molar-refractivity contribution is 8.26. The summed E-state index contributed by atoms with van der Waals surface area (Å²) >= 11 is 6.75. The van der Waals surface area contributed by atoms with Gasteiger partial charge in [0.2, 0.25) is 0 Å². The fourth-order valence-corrected chi connectivity index (χ4v) is 5.18. The molecule has 4 aromatic rings. The maximum Gasteiger partial charge on any atom is 0.266 e. The summed E-state index contributed by atoms with van der Waals surface area (Å²) in [5, 5.41) is 2.34. The first-order valence-electron chi connectivity index (χ1n) is 11.0. The first-order valence-corrected chi connectivity index (χ1v) is 12.3. The van der Waals surface area contributed by atoms with Crippen molar-refractivity contribution >= 4 is 51.1 Å². The van der Waals surface area contributed by atoms with Crippen molar-refractivity contribution in [3.05, 3.63) is 107 Å². The van der Waals surface area contributed by atoms with Crippen LogP contribution in [-0.4, -0.2) is 27.2 Å². The maximum atomic E-state index is 13.0. The Balaban J connectivity index is 1.32. The van der Waals surface area contributed by atoms with Crippen LogP contribution in [0.4, 0.5) is 0 Å². The summed E-state index contributed by atoms with van der Waals surface area (Å²) in [5.41, 5.74) is 2.87. The number of nitrogens with zero attached hydrogens (tertiary/aromatic N) is 2. The first kappa shape index (κ1) is 23.1. The number of methoxy groups -OCH3 is 1. The minimum absolute atomic E-state index is 0.112. The number of hydrogen-bond donors (Lipinski definition) is 0. The predicted molar refractivity (Wildman–Crippen MR) is 144 cm³/mol. The molecule has 0 radical (unpaired) electrons. The lowest BCUT2D eigenvalue weighted by Crippen LogP contribution is -2.27. The predicted octanol–water partition coefficient (Wildman–Crippen LogP) is 6.22. The Bertz CT molecular complexity index is 1430. The molecule has 0 spiro atoms. The lowest BCUT2D eigenvalue weighted by atomic mass is 10.1. The van der Waals surface area contributed by atoms with Crippen LogP contribution in [0.2, 0.25) is 0 Å². The number of benzene rings is 3. The number of carbonyl (C=O) groups is 1. The smallest absolute Gasteiger partial charge is 0.266 e. The number of hydrogen-bond acceptors (Lipinski definition) is 6. The lowest BCUT2D eigenvalue weighted by molar-refractivity contribution is -0.122. The molecule has 174 valence electrons. The van der Waals surface area contributed by atoms with Crippen LogP contribution < -0.4 is 9.47 Å². The zero-order chi connectivity index (χ0) is 24.2. The van der Waals surface area contributed by atoms with Crippen LogP contribution in [0, 0.1) is 0 Å². The molecule has 0 N–H and O–H groups in total. The van der Waals surface area contributed by atoms with E-state index in [9.17, 15) is 4.79 Å². The Morgan fingerprint density at radius 1 is 1.03 bits per heavy atom. The molecule has 3 aromatic carbocycles. The average Bonchev–Trinajstić information content (AvgIpc) is 3.15. The van der Waals surface area contributed by atoms with Gasteiger partial charge >= 0.3 is 0 Å². The van der Waals surface area contributed by atoms with Crippen molar-refractivity contribution in [3.63, 3.8) is 0 Å². The number of aromatic nitrogens is 1. The molecular formula is C28H22N2O3S2. The fourth-order valence-electron chi connectivity index (χ4n) is 3.93. The van der Waals surface area contributed by atoms with Gasteiger partial charge in [-0.05, 0) is 51.7 Å². The van der Waals surface area contributed by atoms with Crippen LogP contribution in [0.25, 0.3) is 16.8 Å². The molecule has 1 aromatic heterocycles. The number of ether oxygens (including phenoxy) is 2. The molecule has 0 unspecified atom stereocenters. The van der Waals surface area contributed by atoms with E-state index >= 15 is 0 Å². The normalized spacial score (nSPS) is 14.7. The monoisotopic (exact) mass is 498 g/mol. The Labute approximate surface area is 213 Å². The summed E-state index contributed by atoms with van der Waals surface area (Å²) in [7, 11) is 1.61. The number of thiocarbonyl (C=S) groups is 1. The third kappa shape index (κ3) is 5.06. The highest BCUT2D eigenvalue weighted by atomic mass is 32.2. The second-order valence-corrected chi connectivity index (χ2v) is 9.64. The summed E-state index contributed by atoms with van der Waals surface area (Å²) in [6, 6.07) is 23.9. The van der Waals surface area contributed by atoms with Gasteiger partial charge in [-0.25, -0.2) is 0 Å². The number of amides is 1. The Morgan fingerprint density at radius 2 is 1.89 bits per heavy atom. The van der Waals surface area contributed by atoms with Crippen molar-refractivity contribution < 1.29 is 14.3 Å². The second kappa shape index (κ2) is 10.3. The van der Waals surface area contributed by atoms with Crippen LogP contribution >= 0.6 is 24.0 Å². The van der Waals surface area contributed by atoms with E-state index in [1.165, 1.54) is 22.5 Å². The molecule has 5 nitrogen and oxygen atoms in total. The third-order valence-corrected chi connectivity index (χ3v) is 7.06. The quantitative estimate of drug-likeness (QED) is 0.223. The topological polar surface area (TPSA) is 51.7 Å². The lowest BCUT2D eigenvalue weighted by Gasteiger charge is -2.14. The van der Waals surface area contributed by atoms with Gasteiger partial charge in [0.05, 0.1) is 18.6 Å². The minimum Gasteiger partial charge on any atom is -0.493 e. The highest BCUT2D eigenvalue weighted by Gasteiger charge is 2.32. The van der Waals surface area contributed by atoms with Crippen LogP contribution in [0.5, 0.6) is 11.5 Å². The zero-order valence-corrected chi connectivity index (χ0v) is 20.6. The van der Waals surface area contributed by atoms with Crippen molar-refractivity contribution in [2.75, 3.05) is 7.11 Å². The van der Waals surface area contributed by atoms with E-state index in [-0.39, 0.29) is 5.91 Å². The van der Waals surface area contributed by atoms with E-state index in [0.717, 1.165) is 16.7 Å². The zero-order valence-electron chi connectivity index (χ0n) is 19.0. The number of rotatable bonds is 7. The maximum absolute atomic E-state index is 13.0. The van der Waals surface area contributed by atoms with E-state index in [1.807, 2.05) is 54.6 Å². The van der Waals surface area contributed by atoms with Crippen LogP contribution in [0.3, 0.4) is 0 Å². The molecule has 1 aliphatic rings. The largest absolute Gasteiger partial charge is 0.493 e. The fraction of sp³-hybridized carbons (Fsp3) is 0.107. The molecule has 0 aliphatic carbocycles. The van der Waals surface area contributed by atoms with E-state index in [4.69, 9.17) is 21.7 Å². The van der Waals surface area contributed by atoms with Crippen molar-refractivity contribution in [1.82, 2.24) is 9.88 Å². The molecule has 7 heteroatoms. The molecular weight excluding hydrogens is 476 g/mol. The number of pyridine rings is 1. The van der Waals surface area contributed by atoms with Gasteiger partial charge in [0.1, 0.15) is 10.9 Å². The van der Waals surface area contributed by atoms with Gasteiger partial charge in [-0.2, -0.15) is 0 Å². The van der Waals surface area contributed by atoms with Gasteiger partial charge in [-0.3, -0.25) is 14.7 Å². The number of carbonyl (C=O) groups excluding carboxylic acids is 1. The molecule has 0 saturated carbocycles. The third-order valence-electron chi connectivity index (χ3n) is 5.69. The molecule has 35 heavy (non-hydrogen) atoms. The van der Waals surface area contributed by atoms with Crippen molar-refractivity contribution in [3.8, 4) is 11.5 Å². The van der Waals surface area contributed by atoms with Crippen molar-refractivity contribution in [2.45, 2.75) is 13.2 Å². The molecule has 1 saturated heterocycles. The SMILES string of the molecule is COc1cc(/C=C2\SC(=S)N(Cc3cccnc3)C2=O)ccc1OCc1cccc2ccccc12. The number of fused-ring (bicyclic) bond motifs is 1. The summed E-state index contributed by atoms with van der Waals surface area (Å²) < 4.78 is 12.2. The highest BCUT2D eigenvalue weighted by Crippen LogP contribution is 2.36. The van der Waals surface area contributed by atoms with Crippen molar-refractivity contribution in [1.29, 1.82) is 0 Å². The van der Waals surface area contributed by atoms with Gasteiger partial charge in [0.25, 0.3) is 5.91 Å². The molecule has 1 fully saturated rings. The van der Waals surface area contributed by atoms with E-state index < -0.39 is 0 Å². The van der Waals surface area contributed by atoms with Gasteiger partial charge in [-0.1, -0.05) is 78.6 Å². The summed E-state index contributed by atoms with van der Waals surface area (Å²) in [6.07, 6.45) is 5.28. The average molecular weight is 499 g/mol. The molecule has 1 amide bonds.